The molecule has 2 rings (SSSR count). The first-order valence-electron chi connectivity index (χ1n) is 6.65. The van der Waals surface area contributed by atoms with Crippen molar-refractivity contribution < 1.29 is 9.34 Å². The monoisotopic (exact) mass is 307 g/mol. The lowest BCUT2D eigenvalue weighted by Crippen LogP contribution is -2.00. The first-order valence-corrected chi connectivity index (χ1v) is 7.46. The molecule has 21 heavy (non-hydrogen) atoms. The van der Waals surface area contributed by atoms with Gasteiger partial charge in [0.15, 0.2) is 0 Å². The van der Waals surface area contributed by atoms with E-state index in [1.165, 1.54) is 23.9 Å². The molecule has 0 saturated carbocycles. The van der Waals surface area contributed by atoms with E-state index in [0.717, 1.165) is 35.0 Å². The summed E-state index contributed by atoms with van der Waals surface area (Å²) in [5.41, 5.74) is 1.61. The average molecular weight is 307 g/mol. The van der Waals surface area contributed by atoms with E-state index in [2.05, 4.69) is 10.3 Å². The van der Waals surface area contributed by atoms with Crippen molar-refractivity contribution in [2.24, 2.45) is 0 Å². The Morgan fingerprint density at radius 2 is 2.14 bits per heavy atom. The van der Waals surface area contributed by atoms with Crippen molar-refractivity contribution in [3.63, 3.8) is 0 Å². The van der Waals surface area contributed by atoms with Gasteiger partial charge in [0.25, 0.3) is 10.9 Å². The van der Waals surface area contributed by atoms with Crippen LogP contribution in [-0.4, -0.2) is 16.5 Å². The number of nitro benzene ring substituents is 1. The number of rotatable bonds is 6. The van der Waals surface area contributed by atoms with Gasteiger partial charge in [-0.2, -0.15) is 0 Å². The van der Waals surface area contributed by atoms with Gasteiger partial charge in [-0.1, -0.05) is 6.92 Å². The van der Waals surface area contributed by atoms with Gasteiger partial charge in [-0.3, -0.25) is 10.1 Å². The molecule has 1 N–H and O–H groups in total. The molecule has 0 fully saturated rings. The molecular formula is C14H17N3O3S. The number of aromatic nitrogens is 1. The number of nitrogens with zero attached hydrogens (tertiary/aromatic N) is 2. The quantitative estimate of drug-likeness (QED) is 0.637. The van der Waals surface area contributed by atoms with Crippen molar-refractivity contribution in [3.05, 3.63) is 39.8 Å². The van der Waals surface area contributed by atoms with Crippen LogP contribution in [0.25, 0.3) is 0 Å². The molecule has 0 spiro atoms. The second-order valence-electron chi connectivity index (χ2n) is 4.62. The Kier molecular flexibility index (Phi) is 4.85. The topological polar surface area (TPSA) is 81.2 Å². The summed E-state index contributed by atoms with van der Waals surface area (Å²) < 4.78 is 5.50. The average Bonchev–Trinajstić information content (AvgIpc) is 2.74. The lowest BCUT2D eigenvalue weighted by Gasteiger charge is -2.06. The van der Waals surface area contributed by atoms with E-state index in [1.807, 2.05) is 26.8 Å². The van der Waals surface area contributed by atoms with Gasteiger partial charge >= 0.3 is 0 Å². The molecule has 112 valence electrons. The van der Waals surface area contributed by atoms with E-state index in [1.54, 1.807) is 0 Å². The lowest BCUT2D eigenvalue weighted by atomic mass is 10.2. The Balaban J connectivity index is 2.28. The van der Waals surface area contributed by atoms with E-state index in [9.17, 15) is 10.1 Å². The molecule has 1 aromatic carbocycles. The summed E-state index contributed by atoms with van der Waals surface area (Å²) in [7, 11) is 0. The molecule has 0 unspecified atom stereocenters. The number of benzene rings is 1. The number of non-ortho nitro benzene ring substituents is 1. The molecule has 2 aromatic rings. The molecule has 0 aliphatic carbocycles. The predicted octanol–water partition coefficient (Wildman–Crippen LogP) is 4.17. The van der Waals surface area contributed by atoms with Crippen LogP contribution < -0.4 is 5.32 Å². The normalized spacial score (nSPS) is 10.6. The molecule has 1 aromatic heterocycles. The van der Waals surface area contributed by atoms with E-state index in [-0.39, 0.29) is 5.69 Å². The van der Waals surface area contributed by atoms with Crippen LogP contribution >= 0.6 is 11.8 Å². The van der Waals surface area contributed by atoms with Crippen LogP contribution in [0.1, 0.15) is 24.8 Å². The first-order chi connectivity index (χ1) is 9.99. The van der Waals surface area contributed by atoms with Gasteiger partial charge in [0.1, 0.15) is 5.76 Å². The third-order valence-corrected chi connectivity index (χ3v) is 3.72. The first kappa shape index (κ1) is 15.4. The summed E-state index contributed by atoms with van der Waals surface area (Å²) >= 11 is 1.28. The number of nitro groups is 1. The zero-order valence-electron chi connectivity index (χ0n) is 12.2. The predicted molar refractivity (Wildman–Crippen MR) is 82.0 cm³/mol. The minimum Gasteiger partial charge on any atom is -0.436 e. The summed E-state index contributed by atoms with van der Waals surface area (Å²) in [5.74, 6) is 0.757. The van der Waals surface area contributed by atoms with E-state index in [4.69, 9.17) is 4.42 Å². The van der Waals surface area contributed by atoms with Crippen LogP contribution in [0.2, 0.25) is 0 Å². The van der Waals surface area contributed by atoms with Crippen molar-refractivity contribution in [2.75, 3.05) is 11.9 Å². The van der Waals surface area contributed by atoms with Crippen LogP contribution in [0, 0.1) is 24.0 Å². The van der Waals surface area contributed by atoms with E-state index >= 15 is 0 Å². The van der Waals surface area contributed by atoms with Crippen LogP contribution in [-0.2, 0) is 0 Å². The third-order valence-electron chi connectivity index (χ3n) is 2.90. The molecule has 0 atom stereocenters. The Labute approximate surface area is 127 Å². The highest BCUT2D eigenvalue weighted by molar-refractivity contribution is 7.99. The molecule has 0 amide bonds. The number of nitrogens with one attached hydrogen (secondary N) is 1. The van der Waals surface area contributed by atoms with Gasteiger partial charge < -0.3 is 9.73 Å². The lowest BCUT2D eigenvalue weighted by molar-refractivity contribution is -0.385. The maximum absolute atomic E-state index is 11.0. The standard InChI is InChI=1S/C14H17N3O3S/c1-4-5-15-11-6-12(17(18)19)8-13(7-11)21-14-16-9(2)10(3)20-14/h6-8,15H,4-5H2,1-3H3. The Hall–Kier alpha value is -2.02. The summed E-state index contributed by atoms with van der Waals surface area (Å²) in [6, 6.07) is 4.92. The van der Waals surface area contributed by atoms with Crippen molar-refractivity contribution in [3.8, 4) is 0 Å². The van der Waals surface area contributed by atoms with Crippen LogP contribution in [0.4, 0.5) is 11.4 Å². The molecule has 0 bridgehead atoms. The molecular weight excluding hydrogens is 290 g/mol. The second kappa shape index (κ2) is 6.62. The van der Waals surface area contributed by atoms with Crippen LogP contribution in [0.3, 0.4) is 0 Å². The van der Waals surface area contributed by atoms with Gasteiger partial charge in [0.2, 0.25) is 0 Å². The highest BCUT2D eigenvalue weighted by Gasteiger charge is 2.13. The molecule has 0 radical (unpaired) electrons. The number of anilines is 1. The molecule has 0 aliphatic heterocycles. The van der Waals surface area contributed by atoms with E-state index < -0.39 is 4.92 Å². The number of hydrogen-bond acceptors (Lipinski definition) is 6. The number of oxazole rings is 1. The molecule has 7 heteroatoms. The molecule has 0 aliphatic rings. The minimum atomic E-state index is -0.396. The minimum absolute atomic E-state index is 0.0543. The summed E-state index contributed by atoms with van der Waals surface area (Å²) in [4.78, 5) is 15.6. The van der Waals surface area contributed by atoms with Crippen LogP contribution in [0.15, 0.2) is 32.7 Å². The Bertz CT molecular complexity index is 635. The van der Waals surface area contributed by atoms with Gasteiger partial charge in [-0.05, 0) is 38.1 Å². The SMILES string of the molecule is CCCNc1cc(Sc2nc(C)c(C)o2)cc([N+](=O)[O-])c1. The van der Waals surface area contributed by atoms with Crippen LogP contribution in [0.5, 0.6) is 0 Å². The summed E-state index contributed by atoms with van der Waals surface area (Å²) in [6.45, 7) is 6.51. The van der Waals surface area contributed by atoms with Gasteiger partial charge in [0.05, 0.1) is 10.6 Å². The van der Waals surface area contributed by atoms with Gasteiger partial charge in [-0.25, -0.2) is 4.98 Å². The fourth-order valence-corrected chi connectivity index (χ4v) is 2.62. The highest BCUT2D eigenvalue weighted by Crippen LogP contribution is 2.33. The highest BCUT2D eigenvalue weighted by atomic mass is 32.2. The smallest absolute Gasteiger partial charge is 0.272 e. The van der Waals surface area contributed by atoms with Crippen molar-refractivity contribution in [1.82, 2.24) is 4.98 Å². The Morgan fingerprint density at radius 3 is 2.71 bits per heavy atom. The second-order valence-corrected chi connectivity index (χ2v) is 5.65. The zero-order chi connectivity index (χ0) is 15.4. The fourth-order valence-electron chi connectivity index (χ4n) is 1.71. The summed E-state index contributed by atoms with van der Waals surface area (Å²) in [6.07, 6.45) is 0.948. The third kappa shape index (κ3) is 3.98. The van der Waals surface area contributed by atoms with Crippen molar-refractivity contribution in [1.29, 1.82) is 0 Å². The fraction of sp³-hybridized carbons (Fsp3) is 0.357. The Morgan fingerprint density at radius 1 is 1.38 bits per heavy atom. The van der Waals surface area contributed by atoms with Gasteiger partial charge in [0, 0.05) is 29.3 Å². The maximum Gasteiger partial charge on any atom is 0.272 e. The maximum atomic E-state index is 11.0. The number of aryl methyl sites for hydroxylation is 2. The van der Waals surface area contributed by atoms with Gasteiger partial charge in [-0.15, -0.1) is 0 Å². The molecule has 1 heterocycles. The zero-order valence-corrected chi connectivity index (χ0v) is 13.0. The van der Waals surface area contributed by atoms with Crippen molar-refractivity contribution in [2.45, 2.75) is 37.3 Å². The molecule has 6 nitrogen and oxygen atoms in total. The molecule has 0 saturated heterocycles. The number of hydrogen-bond donors (Lipinski definition) is 1. The summed E-state index contributed by atoms with van der Waals surface area (Å²) in [5, 5.41) is 14.7. The van der Waals surface area contributed by atoms with E-state index in [0.29, 0.717) is 5.22 Å². The largest absolute Gasteiger partial charge is 0.436 e. The van der Waals surface area contributed by atoms with Crippen molar-refractivity contribution >= 4 is 23.1 Å².